The van der Waals surface area contributed by atoms with Gasteiger partial charge in [0.1, 0.15) is 4.90 Å². The Labute approximate surface area is 178 Å². The number of unbranched alkanes of at least 4 members (excludes halogenated alkanes) is 1. The maximum atomic E-state index is 13.6. The number of nitrogens with zero attached hydrogens (tertiary/aromatic N) is 1. The Kier molecular flexibility index (Phi) is 6.62. The smallest absolute Gasteiger partial charge is 0.264 e. The molecule has 2 aromatic rings. The highest BCUT2D eigenvalue weighted by Crippen LogP contribution is 2.53. The molecule has 3 nitrogen and oxygen atoms in total. The SMILES string of the molecule is CCCCC(CC)CN1c2cc(C(C)C)sc2-c2sc(C(C)C)cc2S1(=O)=O. The zero-order valence-electron chi connectivity index (χ0n) is 17.9. The fourth-order valence-electron chi connectivity index (χ4n) is 3.66. The Balaban J connectivity index is 2.13. The van der Waals surface area contributed by atoms with Crippen molar-refractivity contribution >= 4 is 38.4 Å². The normalized spacial score (nSPS) is 16.5. The van der Waals surface area contributed by atoms with Gasteiger partial charge in [-0.05, 0) is 36.3 Å². The van der Waals surface area contributed by atoms with E-state index in [9.17, 15) is 8.42 Å². The van der Waals surface area contributed by atoms with Crippen LogP contribution >= 0.6 is 22.7 Å². The van der Waals surface area contributed by atoms with E-state index in [4.69, 9.17) is 0 Å². The fraction of sp³-hybridized carbons (Fsp3) is 0.636. The van der Waals surface area contributed by atoms with Crippen molar-refractivity contribution in [2.24, 2.45) is 5.92 Å². The lowest BCUT2D eigenvalue weighted by Crippen LogP contribution is -2.37. The number of rotatable bonds is 8. The van der Waals surface area contributed by atoms with Crippen LogP contribution in [0.2, 0.25) is 0 Å². The second kappa shape index (κ2) is 8.49. The van der Waals surface area contributed by atoms with E-state index in [0.29, 0.717) is 29.2 Å². The molecule has 0 saturated heterocycles. The third kappa shape index (κ3) is 3.92. The highest BCUT2D eigenvalue weighted by atomic mass is 32.2. The first kappa shape index (κ1) is 21.8. The lowest BCUT2D eigenvalue weighted by Gasteiger charge is -2.31. The quantitative estimate of drug-likeness (QED) is 0.428. The van der Waals surface area contributed by atoms with Crippen molar-refractivity contribution in [2.45, 2.75) is 84.0 Å². The van der Waals surface area contributed by atoms with Crippen molar-refractivity contribution in [3.63, 3.8) is 0 Å². The van der Waals surface area contributed by atoms with Gasteiger partial charge in [0, 0.05) is 16.3 Å². The molecule has 0 fully saturated rings. The number of sulfonamides is 1. The van der Waals surface area contributed by atoms with Crippen molar-refractivity contribution in [1.82, 2.24) is 0 Å². The molecule has 1 aliphatic heterocycles. The molecule has 1 aliphatic rings. The molecule has 3 rings (SSSR count). The van der Waals surface area contributed by atoms with Crippen molar-refractivity contribution in [3.8, 4) is 9.75 Å². The second-order valence-electron chi connectivity index (χ2n) is 8.47. The molecule has 6 heteroatoms. The van der Waals surface area contributed by atoms with Gasteiger partial charge in [-0.3, -0.25) is 4.31 Å². The average Bonchev–Trinajstić information content (AvgIpc) is 3.26. The molecule has 0 aromatic carbocycles. The largest absolute Gasteiger partial charge is 0.265 e. The molecule has 156 valence electrons. The van der Waals surface area contributed by atoms with Gasteiger partial charge in [0.2, 0.25) is 0 Å². The zero-order valence-corrected chi connectivity index (χ0v) is 20.4. The van der Waals surface area contributed by atoms with Gasteiger partial charge in [-0.15, -0.1) is 22.7 Å². The maximum Gasteiger partial charge on any atom is 0.265 e. The summed E-state index contributed by atoms with van der Waals surface area (Å²) in [6, 6.07) is 4.06. The Bertz CT molecular complexity index is 922. The molecule has 0 N–H and O–H groups in total. The number of fused-ring (bicyclic) bond motifs is 3. The summed E-state index contributed by atoms with van der Waals surface area (Å²) >= 11 is 3.43. The molecular weight excluding hydrogens is 406 g/mol. The molecule has 3 heterocycles. The standard InChI is InChI=1S/C22H33NO2S3/c1-7-9-10-16(8-2)13-23-17-11-18(14(3)4)26-21(17)22-20(28(23,24)25)12-19(27-22)15(5)6/h11-12,14-16H,7-10,13H2,1-6H3. The van der Waals surface area contributed by atoms with E-state index in [1.165, 1.54) is 4.88 Å². The highest BCUT2D eigenvalue weighted by Gasteiger charge is 2.39. The summed E-state index contributed by atoms with van der Waals surface area (Å²) in [5.74, 6) is 1.13. The highest BCUT2D eigenvalue weighted by molar-refractivity contribution is 7.93. The van der Waals surface area contributed by atoms with Crippen LogP contribution in [-0.4, -0.2) is 15.0 Å². The lowest BCUT2D eigenvalue weighted by atomic mass is 9.99. The van der Waals surface area contributed by atoms with Gasteiger partial charge in [0.05, 0.1) is 15.4 Å². The number of anilines is 1. The van der Waals surface area contributed by atoms with Crippen LogP contribution in [0.5, 0.6) is 0 Å². The van der Waals surface area contributed by atoms with E-state index in [1.54, 1.807) is 27.0 Å². The Hall–Kier alpha value is -0.850. The topological polar surface area (TPSA) is 37.4 Å². The number of hydrogen-bond donors (Lipinski definition) is 0. The Morgan fingerprint density at radius 3 is 2.14 bits per heavy atom. The number of thiophene rings is 2. The second-order valence-corrected chi connectivity index (χ2v) is 12.5. The minimum atomic E-state index is -3.50. The summed E-state index contributed by atoms with van der Waals surface area (Å²) in [5.41, 5.74) is 0.910. The van der Waals surface area contributed by atoms with E-state index < -0.39 is 10.0 Å². The summed E-state index contributed by atoms with van der Waals surface area (Å²) in [6.45, 7) is 13.6. The summed E-state index contributed by atoms with van der Waals surface area (Å²) in [4.78, 5) is 5.04. The van der Waals surface area contributed by atoms with E-state index in [0.717, 1.165) is 46.0 Å². The molecule has 1 atom stereocenters. The fourth-order valence-corrected chi connectivity index (χ4v) is 8.33. The first-order chi connectivity index (χ1) is 13.2. The molecule has 28 heavy (non-hydrogen) atoms. The lowest BCUT2D eigenvalue weighted by molar-refractivity contribution is 0.459. The van der Waals surface area contributed by atoms with E-state index in [-0.39, 0.29) is 0 Å². The van der Waals surface area contributed by atoms with Gasteiger partial charge in [-0.1, -0.05) is 60.8 Å². The van der Waals surface area contributed by atoms with Crippen LogP contribution in [0.1, 0.15) is 88.8 Å². The third-order valence-electron chi connectivity index (χ3n) is 5.60. The van der Waals surface area contributed by atoms with Crippen LogP contribution in [0, 0.1) is 5.92 Å². The summed E-state index contributed by atoms with van der Waals surface area (Å²) in [5, 5.41) is 0. The average molecular weight is 440 g/mol. The van der Waals surface area contributed by atoms with Gasteiger partial charge in [0.15, 0.2) is 0 Å². The minimum absolute atomic E-state index is 0.333. The van der Waals surface area contributed by atoms with Crippen molar-refractivity contribution in [3.05, 3.63) is 21.9 Å². The third-order valence-corrected chi connectivity index (χ3v) is 10.6. The van der Waals surface area contributed by atoms with Crippen LogP contribution in [0.15, 0.2) is 17.0 Å². The molecule has 0 aliphatic carbocycles. The molecule has 1 unspecified atom stereocenters. The monoisotopic (exact) mass is 439 g/mol. The van der Waals surface area contributed by atoms with Crippen LogP contribution in [0.25, 0.3) is 9.75 Å². The van der Waals surface area contributed by atoms with E-state index in [1.807, 2.05) is 6.07 Å². The van der Waals surface area contributed by atoms with Crippen LogP contribution in [0.4, 0.5) is 5.69 Å². The van der Waals surface area contributed by atoms with Gasteiger partial charge in [-0.2, -0.15) is 0 Å². The van der Waals surface area contributed by atoms with Gasteiger partial charge < -0.3 is 0 Å². The molecule has 0 radical (unpaired) electrons. The molecule has 0 bridgehead atoms. The van der Waals surface area contributed by atoms with Crippen molar-refractivity contribution < 1.29 is 8.42 Å². The van der Waals surface area contributed by atoms with E-state index >= 15 is 0 Å². The predicted molar refractivity (Wildman–Crippen MR) is 124 cm³/mol. The van der Waals surface area contributed by atoms with Crippen molar-refractivity contribution in [1.29, 1.82) is 0 Å². The van der Waals surface area contributed by atoms with Crippen molar-refractivity contribution in [2.75, 3.05) is 10.8 Å². The Morgan fingerprint density at radius 2 is 1.57 bits per heavy atom. The van der Waals surface area contributed by atoms with E-state index in [2.05, 4.69) is 47.6 Å². The first-order valence-electron chi connectivity index (χ1n) is 10.5. The maximum absolute atomic E-state index is 13.6. The van der Waals surface area contributed by atoms with Crippen LogP contribution in [0.3, 0.4) is 0 Å². The first-order valence-corrected chi connectivity index (χ1v) is 13.6. The van der Waals surface area contributed by atoms with Gasteiger partial charge in [-0.25, -0.2) is 8.42 Å². The van der Waals surface area contributed by atoms with Crippen LogP contribution < -0.4 is 4.31 Å². The van der Waals surface area contributed by atoms with Crippen LogP contribution in [-0.2, 0) is 10.0 Å². The van der Waals surface area contributed by atoms with Gasteiger partial charge >= 0.3 is 0 Å². The molecule has 2 aromatic heterocycles. The molecule has 0 amide bonds. The number of hydrogen-bond acceptors (Lipinski definition) is 4. The summed E-state index contributed by atoms with van der Waals surface area (Å²) in [6.07, 6.45) is 4.40. The molecule has 0 saturated carbocycles. The Morgan fingerprint density at radius 1 is 0.964 bits per heavy atom. The molecule has 0 spiro atoms. The predicted octanol–water partition coefficient (Wildman–Crippen LogP) is 7.45. The molecular formula is C22H33NO2S3. The minimum Gasteiger partial charge on any atom is -0.264 e. The van der Waals surface area contributed by atoms with Gasteiger partial charge in [0.25, 0.3) is 10.0 Å². The zero-order chi connectivity index (χ0) is 20.6. The summed E-state index contributed by atoms with van der Waals surface area (Å²) < 4.78 is 29.0. The summed E-state index contributed by atoms with van der Waals surface area (Å²) in [7, 11) is -3.50.